The molecule has 0 aliphatic carbocycles. The number of aromatic nitrogens is 1. The van der Waals surface area contributed by atoms with Gasteiger partial charge in [0, 0.05) is 12.6 Å². The molecule has 2 rings (SSSR count). The van der Waals surface area contributed by atoms with Gasteiger partial charge in [-0.15, -0.1) is 0 Å². The Morgan fingerprint density at radius 1 is 1.48 bits per heavy atom. The van der Waals surface area contributed by atoms with E-state index in [9.17, 15) is 9.59 Å². The summed E-state index contributed by atoms with van der Waals surface area (Å²) in [5.74, 6) is 0.293. The van der Waals surface area contributed by atoms with Gasteiger partial charge in [0.15, 0.2) is 6.61 Å². The van der Waals surface area contributed by atoms with Crippen LogP contribution in [-0.4, -0.2) is 47.7 Å². The second-order valence-electron chi connectivity index (χ2n) is 4.92. The number of ether oxygens (including phenoxy) is 2. The van der Waals surface area contributed by atoms with Crippen molar-refractivity contribution in [3.8, 4) is 5.88 Å². The fourth-order valence-electron chi connectivity index (χ4n) is 2.34. The Hall–Kier alpha value is -2.05. The van der Waals surface area contributed by atoms with Gasteiger partial charge in [0.1, 0.15) is 11.8 Å². The van der Waals surface area contributed by atoms with Gasteiger partial charge in [-0.1, -0.05) is 0 Å². The summed E-state index contributed by atoms with van der Waals surface area (Å²) in [6, 6.07) is 1.10. The highest BCUT2D eigenvalue weighted by molar-refractivity contribution is 5.85. The lowest BCUT2D eigenvalue weighted by atomic mass is 10.0. The van der Waals surface area contributed by atoms with Crippen LogP contribution in [0.2, 0.25) is 0 Å². The molecular weight excluding hydrogens is 276 g/mol. The maximum Gasteiger partial charge on any atom is 0.328 e. The molecule has 1 saturated heterocycles. The quantitative estimate of drug-likeness (QED) is 0.762. The molecule has 1 aromatic rings. The number of carbonyl (C=O) groups is 2. The first-order chi connectivity index (χ1) is 10.1. The van der Waals surface area contributed by atoms with Crippen LogP contribution < -0.4 is 4.74 Å². The Morgan fingerprint density at radius 3 is 2.95 bits per heavy atom. The first-order valence-corrected chi connectivity index (χ1v) is 7.14. The van der Waals surface area contributed by atoms with Crippen LogP contribution in [0.25, 0.3) is 0 Å². The van der Waals surface area contributed by atoms with Crippen LogP contribution in [0, 0.1) is 6.92 Å². The summed E-state index contributed by atoms with van der Waals surface area (Å²) in [6.45, 7) is 4.18. The van der Waals surface area contributed by atoms with E-state index in [0.29, 0.717) is 25.3 Å². The second-order valence-corrected chi connectivity index (χ2v) is 4.92. The van der Waals surface area contributed by atoms with Gasteiger partial charge < -0.3 is 18.9 Å². The van der Waals surface area contributed by atoms with Gasteiger partial charge in [-0.25, -0.2) is 4.79 Å². The Bertz CT molecular complexity index is 499. The summed E-state index contributed by atoms with van der Waals surface area (Å²) in [4.78, 5) is 25.7. The zero-order valence-electron chi connectivity index (χ0n) is 12.3. The van der Waals surface area contributed by atoms with Crippen molar-refractivity contribution in [3.05, 3.63) is 11.8 Å². The third-order valence-electron chi connectivity index (χ3n) is 3.33. The van der Waals surface area contributed by atoms with E-state index in [1.54, 1.807) is 19.9 Å². The molecule has 1 amide bonds. The molecule has 0 bridgehead atoms. The highest BCUT2D eigenvalue weighted by atomic mass is 16.5. The van der Waals surface area contributed by atoms with Crippen molar-refractivity contribution in [3.63, 3.8) is 0 Å². The first kappa shape index (κ1) is 15.3. The molecule has 1 aliphatic rings. The van der Waals surface area contributed by atoms with Crippen LogP contribution in [0.1, 0.15) is 31.9 Å². The fourth-order valence-corrected chi connectivity index (χ4v) is 2.34. The monoisotopic (exact) mass is 296 g/mol. The molecule has 116 valence electrons. The molecule has 0 aromatic carbocycles. The highest BCUT2D eigenvalue weighted by Gasteiger charge is 2.33. The molecule has 1 atom stereocenters. The minimum atomic E-state index is -0.506. The molecule has 2 heterocycles. The number of amides is 1. The molecule has 0 spiro atoms. The maximum atomic E-state index is 12.2. The van der Waals surface area contributed by atoms with Crippen molar-refractivity contribution in [1.29, 1.82) is 0 Å². The second kappa shape index (κ2) is 7.10. The number of carbonyl (C=O) groups excluding carboxylic acids is 2. The number of rotatable bonds is 5. The van der Waals surface area contributed by atoms with Crippen molar-refractivity contribution in [2.45, 2.75) is 39.2 Å². The summed E-state index contributed by atoms with van der Waals surface area (Å²) in [7, 11) is 0. The van der Waals surface area contributed by atoms with E-state index in [1.165, 1.54) is 4.90 Å². The molecule has 1 fully saturated rings. The minimum absolute atomic E-state index is 0.165. The van der Waals surface area contributed by atoms with Crippen LogP contribution >= 0.6 is 0 Å². The molecule has 21 heavy (non-hydrogen) atoms. The summed E-state index contributed by atoms with van der Waals surface area (Å²) in [5.41, 5.74) is 0. The van der Waals surface area contributed by atoms with E-state index in [0.717, 1.165) is 12.8 Å². The third kappa shape index (κ3) is 3.96. The van der Waals surface area contributed by atoms with Gasteiger partial charge >= 0.3 is 5.97 Å². The van der Waals surface area contributed by atoms with Crippen LogP contribution in [0.3, 0.4) is 0 Å². The Labute approximate surface area is 123 Å². The smallest absolute Gasteiger partial charge is 0.328 e. The lowest BCUT2D eigenvalue weighted by Gasteiger charge is -2.33. The van der Waals surface area contributed by atoms with E-state index in [1.807, 2.05) is 0 Å². The molecule has 0 saturated carbocycles. The summed E-state index contributed by atoms with van der Waals surface area (Å²) in [6.07, 6.45) is 2.43. The number of likely N-dealkylation sites (tertiary alicyclic amines) is 1. The Kier molecular flexibility index (Phi) is 5.19. The van der Waals surface area contributed by atoms with Crippen molar-refractivity contribution in [2.24, 2.45) is 0 Å². The molecule has 1 aromatic heterocycles. The summed E-state index contributed by atoms with van der Waals surface area (Å²) >= 11 is 0. The molecule has 1 aliphatic heterocycles. The van der Waals surface area contributed by atoms with E-state index in [4.69, 9.17) is 14.0 Å². The number of aryl methyl sites for hydroxylation is 1. The predicted molar refractivity (Wildman–Crippen MR) is 72.7 cm³/mol. The number of hydrogen-bond donors (Lipinski definition) is 0. The zero-order valence-corrected chi connectivity index (χ0v) is 12.3. The Morgan fingerprint density at radius 2 is 2.29 bits per heavy atom. The molecule has 7 nitrogen and oxygen atoms in total. The van der Waals surface area contributed by atoms with Crippen LogP contribution in [0.4, 0.5) is 0 Å². The lowest BCUT2D eigenvalue weighted by Crippen LogP contribution is -2.50. The van der Waals surface area contributed by atoms with Gasteiger partial charge in [0.2, 0.25) is 0 Å². The van der Waals surface area contributed by atoms with Crippen molar-refractivity contribution in [1.82, 2.24) is 10.1 Å². The third-order valence-corrected chi connectivity index (χ3v) is 3.33. The van der Waals surface area contributed by atoms with Crippen LogP contribution in [0.5, 0.6) is 5.88 Å². The normalized spacial score (nSPS) is 18.4. The van der Waals surface area contributed by atoms with Crippen molar-refractivity contribution >= 4 is 11.9 Å². The Balaban J connectivity index is 1.93. The standard InChI is InChI=1S/C14H20N2O5/c1-3-19-14(18)11-6-4-5-7-16(11)13(17)9-20-12-8-10(2)21-15-12/h8,11H,3-7,9H2,1-2H3. The fraction of sp³-hybridized carbons (Fsp3) is 0.643. The number of esters is 1. The van der Waals surface area contributed by atoms with Crippen molar-refractivity contribution < 1.29 is 23.6 Å². The number of piperidine rings is 1. The molecular formula is C14H20N2O5. The van der Waals surface area contributed by atoms with Crippen LogP contribution in [-0.2, 0) is 14.3 Å². The van der Waals surface area contributed by atoms with Gasteiger partial charge in [-0.2, -0.15) is 0 Å². The number of hydrogen-bond acceptors (Lipinski definition) is 6. The molecule has 0 radical (unpaired) electrons. The molecule has 1 unspecified atom stereocenters. The largest absolute Gasteiger partial charge is 0.465 e. The predicted octanol–water partition coefficient (Wildman–Crippen LogP) is 1.31. The zero-order chi connectivity index (χ0) is 15.2. The van der Waals surface area contributed by atoms with E-state index in [2.05, 4.69) is 5.16 Å². The van der Waals surface area contributed by atoms with Crippen molar-refractivity contribution in [2.75, 3.05) is 19.8 Å². The van der Waals surface area contributed by atoms with Gasteiger partial charge in [0.25, 0.3) is 11.8 Å². The number of nitrogens with zero attached hydrogens (tertiary/aromatic N) is 2. The average molecular weight is 296 g/mol. The SMILES string of the molecule is CCOC(=O)C1CCCCN1C(=O)COc1cc(C)on1. The minimum Gasteiger partial charge on any atom is -0.465 e. The summed E-state index contributed by atoms with van der Waals surface area (Å²) in [5, 5.41) is 3.66. The molecule has 0 N–H and O–H groups in total. The van der Waals surface area contributed by atoms with E-state index < -0.39 is 6.04 Å². The average Bonchev–Trinajstić information content (AvgIpc) is 2.90. The summed E-state index contributed by atoms with van der Waals surface area (Å²) < 4.78 is 15.2. The maximum absolute atomic E-state index is 12.2. The topological polar surface area (TPSA) is 81.9 Å². The van der Waals surface area contributed by atoms with Crippen LogP contribution in [0.15, 0.2) is 10.6 Å². The first-order valence-electron chi connectivity index (χ1n) is 7.14. The highest BCUT2D eigenvalue weighted by Crippen LogP contribution is 2.19. The van der Waals surface area contributed by atoms with E-state index in [-0.39, 0.29) is 24.4 Å². The van der Waals surface area contributed by atoms with Gasteiger partial charge in [0.05, 0.1) is 6.61 Å². The lowest BCUT2D eigenvalue weighted by molar-refractivity contribution is -0.157. The van der Waals surface area contributed by atoms with Gasteiger partial charge in [-0.3, -0.25) is 4.79 Å². The van der Waals surface area contributed by atoms with Gasteiger partial charge in [-0.05, 0) is 38.3 Å². The van der Waals surface area contributed by atoms with E-state index >= 15 is 0 Å². The molecule has 7 heteroatoms.